The summed E-state index contributed by atoms with van der Waals surface area (Å²) in [4.78, 5) is 23.1. The molecule has 1 aliphatic heterocycles. The minimum Gasteiger partial charge on any atom is -0.484 e. The lowest BCUT2D eigenvalue weighted by molar-refractivity contribution is -0.139. The van der Waals surface area contributed by atoms with Crippen LogP contribution >= 0.6 is 11.3 Å². The summed E-state index contributed by atoms with van der Waals surface area (Å²) in [5.41, 5.74) is 6.68. The van der Waals surface area contributed by atoms with Crippen LogP contribution in [0.2, 0.25) is 0 Å². The Morgan fingerprint density at radius 2 is 1.90 bits per heavy atom. The van der Waals surface area contributed by atoms with Gasteiger partial charge in [-0.1, -0.05) is 18.2 Å². The molecule has 0 saturated carbocycles. The first-order valence-electron chi connectivity index (χ1n) is 11.9. The molecule has 9 nitrogen and oxygen atoms in total. The molecule has 4 heterocycles. The van der Waals surface area contributed by atoms with Crippen LogP contribution in [0, 0.1) is 0 Å². The molecule has 0 aliphatic carbocycles. The molecule has 1 saturated heterocycles. The minimum absolute atomic E-state index is 0.0620. The summed E-state index contributed by atoms with van der Waals surface area (Å²) in [6, 6.07) is 8.49. The van der Waals surface area contributed by atoms with Crippen LogP contribution in [0.15, 0.2) is 48.9 Å². The number of hydrogen-bond acceptors (Lipinski definition) is 8. The number of ether oxygens (including phenoxy) is 1. The quantitative estimate of drug-likeness (QED) is 0.352. The van der Waals surface area contributed by atoms with Gasteiger partial charge in [0.15, 0.2) is 9.84 Å². The van der Waals surface area contributed by atoms with Gasteiger partial charge in [-0.25, -0.2) is 13.4 Å². The number of benzene rings is 1. The largest absolute Gasteiger partial charge is 0.484 e. The third-order valence-electron chi connectivity index (χ3n) is 6.47. The number of aromatic nitrogens is 3. The van der Waals surface area contributed by atoms with Gasteiger partial charge in [-0.15, -0.1) is 11.3 Å². The predicted octanol–water partition coefficient (Wildman–Crippen LogP) is 3.97. The van der Waals surface area contributed by atoms with E-state index in [-0.39, 0.29) is 27.7 Å². The van der Waals surface area contributed by atoms with Crippen LogP contribution in [-0.2, 0) is 22.6 Å². The van der Waals surface area contributed by atoms with Crippen LogP contribution < -0.4 is 10.5 Å². The summed E-state index contributed by atoms with van der Waals surface area (Å²) in [6.07, 6.45) is -2.43. The Balaban J connectivity index is 1.44. The summed E-state index contributed by atoms with van der Waals surface area (Å²) in [5.74, 6) is -0.498. The van der Waals surface area contributed by atoms with Gasteiger partial charge in [-0.05, 0) is 19.1 Å². The second-order valence-electron chi connectivity index (χ2n) is 9.19. The van der Waals surface area contributed by atoms with Gasteiger partial charge < -0.3 is 10.5 Å². The molecule has 0 bridgehead atoms. The highest BCUT2D eigenvalue weighted by Crippen LogP contribution is 2.39. The van der Waals surface area contributed by atoms with E-state index in [9.17, 15) is 26.4 Å². The van der Waals surface area contributed by atoms with E-state index in [1.54, 1.807) is 23.2 Å². The number of thiophene rings is 1. The zero-order valence-corrected chi connectivity index (χ0v) is 22.3. The first-order chi connectivity index (χ1) is 18.4. The molecule has 1 aliphatic rings. The van der Waals surface area contributed by atoms with Crippen LogP contribution in [0.4, 0.5) is 13.2 Å². The Labute approximate surface area is 226 Å². The number of halogens is 3. The Kier molecular flexibility index (Phi) is 7.11. The summed E-state index contributed by atoms with van der Waals surface area (Å²) >= 11 is 1.03. The van der Waals surface area contributed by atoms with Crippen LogP contribution in [0.1, 0.15) is 39.5 Å². The number of primary amides is 1. The second-order valence-corrected chi connectivity index (χ2v) is 12.5. The van der Waals surface area contributed by atoms with E-state index in [1.807, 2.05) is 11.0 Å². The smallest absolute Gasteiger partial charge is 0.416 e. The molecule has 1 aromatic carbocycles. The molecule has 1 fully saturated rings. The second kappa shape index (κ2) is 10.2. The Hall–Kier alpha value is -3.49. The molecule has 14 heteroatoms. The molecule has 0 radical (unpaired) electrons. The van der Waals surface area contributed by atoms with Crippen LogP contribution in [0.25, 0.3) is 16.0 Å². The summed E-state index contributed by atoms with van der Waals surface area (Å²) < 4.78 is 71.7. The average molecular weight is 580 g/mol. The lowest BCUT2D eigenvalue weighted by Gasteiger charge is -2.26. The standard InChI is InChI=1S/C25H24F3N5O4S2/c1-15(17-4-2-3-5-18(17)25(26,27)28)37-21-11-22(38-23(21)24(29)34)33-14-31-19-12-30-16(10-20(19)33)13-32-6-8-39(35,36)9-7-32/h2-5,10-12,14-15H,6-9,13H2,1H3,(H2,29,34)/t15-/m1/s1. The number of nitrogens with two attached hydrogens (primary N) is 1. The third-order valence-corrected chi connectivity index (χ3v) is 9.21. The van der Waals surface area contributed by atoms with Crippen LogP contribution in [0.5, 0.6) is 5.75 Å². The molecule has 0 spiro atoms. The van der Waals surface area contributed by atoms with Gasteiger partial charge >= 0.3 is 6.18 Å². The SMILES string of the molecule is C[C@@H](Oc1cc(-n2cnc3cnc(CN4CCS(=O)(=O)CC4)cc32)sc1C(N)=O)c1ccccc1C(F)(F)F. The van der Waals surface area contributed by atoms with Crippen molar-refractivity contribution in [3.05, 3.63) is 70.6 Å². The average Bonchev–Trinajstić information content (AvgIpc) is 3.48. The molecule has 39 heavy (non-hydrogen) atoms. The fourth-order valence-corrected chi connectivity index (χ4v) is 6.66. The number of nitrogens with zero attached hydrogens (tertiary/aromatic N) is 4. The maximum Gasteiger partial charge on any atom is 0.416 e. The number of fused-ring (bicyclic) bond motifs is 1. The van der Waals surface area contributed by atoms with Crippen molar-refractivity contribution in [2.24, 2.45) is 5.73 Å². The van der Waals surface area contributed by atoms with Crippen LogP contribution in [-0.4, -0.2) is 58.4 Å². The summed E-state index contributed by atoms with van der Waals surface area (Å²) in [5, 5.41) is 0.527. The van der Waals surface area contributed by atoms with Gasteiger partial charge in [-0.3, -0.25) is 19.2 Å². The third kappa shape index (κ3) is 5.77. The van der Waals surface area contributed by atoms with Gasteiger partial charge in [0.2, 0.25) is 0 Å². The number of imidazole rings is 1. The predicted molar refractivity (Wildman–Crippen MR) is 140 cm³/mol. The number of alkyl halides is 3. The lowest BCUT2D eigenvalue weighted by atomic mass is 10.0. The molecule has 206 valence electrons. The number of carbonyl (C=O) groups excluding carboxylic acids is 1. The molecule has 4 aromatic rings. The maximum atomic E-state index is 13.5. The number of hydrogen-bond donors (Lipinski definition) is 1. The fraction of sp³-hybridized carbons (Fsp3) is 0.320. The molecule has 3 aromatic heterocycles. The van der Waals surface area contributed by atoms with Crippen LogP contribution in [0.3, 0.4) is 0 Å². The van der Waals surface area contributed by atoms with Crippen molar-refractivity contribution >= 4 is 38.1 Å². The first kappa shape index (κ1) is 27.1. The van der Waals surface area contributed by atoms with Gasteiger partial charge in [0.25, 0.3) is 5.91 Å². The number of sulfone groups is 1. The van der Waals surface area contributed by atoms with Crippen molar-refractivity contribution in [3.8, 4) is 10.8 Å². The maximum absolute atomic E-state index is 13.5. The normalized spacial score (nSPS) is 16.8. The van der Waals surface area contributed by atoms with Crippen molar-refractivity contribution in [3.63, 3.8) is 0 Å². The Morgan fingerprint density at radius 1 is 1.18 bits per heavy atom. The molecule has 1 amide bonds. The van der Waals surface area contributed by atoms with E-state index in [1.165, 1.54) is 25.1 Å². The Bertz CT molecular complexity index is 1630. The summed E-state index contributed by atoms with van der Waals surface area (Å²) in [6.45, 7) is 2.77. The molecule has 2 N–H and O–H groups in total. The van der Waals surface area contributed by atoms with E-state index in [0.29, 0.717) is 41.4 Å². The topological polar surface area (TPSA) is 120 Å². The fourth-order valence-electron chi connectivity index (χ4n) is 4.46. The van der Waals surface area contributed by atoms with E-state index in [2.05, 4.69) is 9.97 Å². The first-order valence-corrected chi connectivity index (χ1v) is 14.6. The van der Waals surface area contributed by atoms with Gasteiger partial charge in [0.1, 0.15) is 33.6 Å². The van der Waals surface area contributed by atoms with E-state index < -0.39 is 33.6 Å². The molecule has 1 atom stereocenters. The molecule has 5 rings (SSSR count). The minimum atomic E-state index is -4.57. The summed E-state index contributed by atoms with van der Waals surface area (Å²) in [7, 11) is -3.00. The number of amides is 1. The van der Waals surface area contributed by atoms with Crippen molar-refractivity contribution < 1.29 is 31.1 Å². The highest BCUT2D eigenvalue weighted by Gasteiger charge is 2.35. The number of pyridine rings is 1. The van der Waals surface area contributed by atoms with E-state index >= 15 is 0 Å². The monoisotopic (exact) mass is 579 g/mol. The number of carbonyl (C=O) groups is 1. The Morgan fingerprint density at radius 3 is 2.59 bits per heavy atom. The molecular formula is C25H24F3N5O4S2. The molecular weight excluding hydrogens is 555 g/mol. The van der Waals surface area contributed by atoms with Gasteiger partial charge in [0, 0.05) is 31.3 Å². The van der Waals surface area contributed by atoms with E-state index in [4.69, 9.17) is 10.5 Å². The highest BCUT2D eigenvalue weighted by molar-refractivity contribution is 7.91. The number of rotatable bonds is 7. The van der Waals surface area contributed by atoms with E-state index in [0.717, 1.165) is 17.4 Å². The molecule has 0 unspecified atom stereocenters. The van der Waals surface area contributed by atoms with Gasteiger partial charge in [-0.2, -0.15) is 13.2 Å². The zero-order chi connectivity index (χ0) is 27.9. The zero-order valence-electron chi connectivity index (χ0n) is 20.7. The highest BCUT2D eigenvalue weighted by atomic mass is 32.2. The van der Waals surface area contributed by atoms with Gasteiger partial charge in [0.05, 0.1) is 34.5 Å². The van der Waals surface area contributed by atoms with Crippen molar-refractivity contribution in [2.75, 3.05) is 24.6 Å². The van der Waals surface area contributed by atoms with Crippen molar-refractivity contribution in [2.45, 2.75) is 25.7 Å². The lowest BCUT2D eigenvalue weighted by Crippen LogP contribution is -2.39. The van der Waals surface area contributed by atoms with Crippen molar-refractivity contribution in [1.82, 2.24) is 19.4 Å². The van der Waals surface area contributed by atoms with Crippen molar-refractivity contribution in [1.29, 1.82) is 0 Å².